The number of morpholine rings is 1. The molecule has 0 amide bonds. The average Bonchev–Trinajstić information content (AvgIpc) is 2.29. The highest BCUT2D eigenvalue weighted by Crippen LogP contribution is 2.26. The van der Waals surface area contributed by atoms with Crippen molar-refractivity contribution in [2.75, 3.05) is 31.2 Å². The topological polar surface area (TPSA) is 32.7 Å². The second kappa shape index (κ2) is 5.85. The summed E-state index contributed by atoms with van der Waals surface area (Å²) >= 11 is 3.49. The van der Waals surface area contributed by atoms with Crippen molar-refractivity contribution in [1.29, 1.82) is 0 Å². The van der Waals surface area contributed by atoms with Gasteiger partial charge in [-0.05, 0) is 30.7 Å². The molecule has 1 unspecified atom stereocenters. The maximum Gasteiger partial charge on any atom is 0.0642 e. The summed E-state index contributed by atoms with van der Waals surface area (Å²) in [6.45, 7) is 5.24. The van der Waals surface area contributed by atoms with E-state index >= 15 is 0 Å². The highest BCUT2D eigenvalue weighted by Gasteiger charge is 2.15. The molecule has 94 valence electrons. The van der Waals surface area contributed by atoms with Crippen molar-refractivity contribution in [3.05, 3.63) is 28.2 Å². The summed E-state index contributed by atoms with van der Waals surface area (Å²) in [7, 11) is 0. The Morgan fingerprint density at radius 2 is 2.12 bits per heavy atom. The Hall–Kier alpha value is -0.580. The van der Waals surface area contributed by atoms with Crippen LogP contribution in [0.3, 0.4) is 0 Å². The van der Waals surface area contributed by atoms with Gasteiger partial charge < -0.3 is 14.7 Å². The van der Waals surface area contributed by atoms with E-state index in [1.807, 2.05) is 6.92 Å². The minimum atomic E-state index is -0.316. The third-order valence-electron chi connectivity index (χ3n) is 2.91. The van der Waals surface area contributed by atoms with E-state index in [-0.39, 0.29) is 6.10 Å². The van der Waals surface area contributed by atoms with Crippen molar-refractivity contribution in [1.82, 2.24) is 0 Å². The van der Waals surface area contributed by atoms with Crippen molar-refractivity contribution < 1.29 is 9.84 Å². The molecule has 1 heterocycles. The van der Waals surface area contributed by atoms with Crippen molar-refractivity contribution in [2.24, 2.45) is 0 Å². The number of halogens is 1. The quantitative estimate of drug-likeness (QED) is 0.929. The van der Waals surface area contributed by atoms with Crippen molar-refractivity contribution in [3.8, 4) is 0 Å². The number of anilines is 1. The minimum absolute atomic E-state index is 0.316. The van der Waals surface area contributed by atoms with Gasteiger partial charge in [0, 0.05) is 29.7 Å². The lowest BCUT2D eigenvalue weighted by molar-refractivity contribution is 0.122. The van der Waals surface area contributed by atoms with E-state index in [1.54, 1.807) is 0 Å². The van der Waals surface area contributed by atoms with E-state index in [0.717, 1.165) is 30.8 Å². The van der Waals surface area contributed by atoms with E-state index in [9.17, 15) is 5.11 Å². The molecule has 1 fully saturated rings. The Labute approximate surface area is 111 Å². The van der Waals surface area contributed by atoms with Crippen LogP contribution in [0.2, 0.25) is 0 Å². The summed E-state index contributed by atoms with van der Waals surface area (Å²) in [4.78, 5) is 2.33. The molecule has 1 aromatic carbocycles. The van der Waals surface area contributed by atoms with Gasteiger partial charge in [0.15, 0.2) is 0 Å². The number of aliphatic hydroxyl groups is 1. The van der Waals surface area contributed by atoms with Gasteiger partial charge in [-0.3, -0.25) is 0 Å². The van der Waals surface area contributed by atoms with Crippen molar-refractivity contribution in [3.63, 3.8) is 0 Å². The van der Waals surface area contributed by atoms with Crippen LogP contribution in [0.15, 0.2) is 22.7 Å². The van der Waals surface area contributed by atoms with Crippen molar-refractivity contribution in [2.45, 2.75) is 19.4 Å². The van der Waals surface area contributed by atoms with Crippen LogP contribution < -0.4 is 4.90 Å². The molecule has 1 aliphatic heterocycles. The van der Waals surface area contributed by atoms with Gasteiger partial charge >= 0.3 is 0 Å². The first kappa shape index (κ1) is 12.9. The van der Waals surface area contributed by atoms with E-state index in [2.05, 4.69) is 39.0 Å². The van der Waals surface area contributed by atoms with E-state index in [0.29, 0.717) is 6.42 Å². The van der Waals surface area contributed by atoms with E-state index < -0.39 is 0 Å². The lowest BCUT2D eigenvalue weighted by atomic mass is 10.1. The van der Waals surface area contributed by atoms with Gasteiger partial charge in [0.1, 0.15) is 0 Å². The lowest BCUT2D eigenvalue weighted by Gasteiger charge is -2.31. The average molecular weight is 300 g/mol. The largest absolute Gasteiger partial charge is 0.393 e. The lowest BCUT2D eigenvalue weighted by Crippen LogP contribution is -2.37. The van der Waals surface area contributed by atoms with Gasteiger partial charge in [0.2, 0.25) is 0 Å². The molecule has 0 aromatic heterocycles. The van der Waals surface area contributed by atoms with Gasteiger partial charge in [-0.25, -0.2) is 0 Å². The van der Waals surface area contributed by atoms with Gasteiger partial charge in [0.25, 0.3) is 0 Å². The van der Waals surface area contributed by atoms with Crippen LogP contribution in [0.4, 0.5) is 5.69 Å². The summed E-state index contributed by atoms with van der Waals surface area (Å²) in [5, 5.41) is 9.56. The third-order valence-corrected chi connectivity index (χ3v) is 3.40. The fraction of sp³-hybridized carbons (Fsp3) is 0.538. The number of hydrogen-bond donors (Lipinski definition) is 1. The van der Waals surface area contributed by atoms with Gasteiger partial charge in [-0.15, -0.1) is 0 Å². The molecule has 17 heavy (non-hydrogen) atoms. The molecule has 0 aliphatic carbocycles. The van der Waals surface area contributed by atoms with Crippen LogP contribution in [-0.4, -0.2) is 37.5 Å². The molecule has 0 bridgehead atoms. The Morgan fingerprint density at radius 3 is 2.76 bits per heavy atom. The number of aliphatic hydroxyl groups excluding tert-OH is 1. The molecule has 1 aromatic rings. The first-order valence-corrected chi connectivity index (χ1v) is 6.75. The Kier molecular flexibility index (Phi) is 4.42. The second-order valence-corrected chi connectivity index (χ2v) is 5.34. The molecule has 4 heteroatoms. The summed E-state index contributed by atoms with van der Waals surface area (Å²) in [5.74, 6) is 0. The van der Waals surface area contributed by atoms with Gasteiger partial charge in [0.05, 0.1) is 19.3 Å². The number of hydrogen-bond acceptors (Lipinski definition) is 3. The molecule has 0 radical (unpaired) electrons. The van der Waals surface area contributed by atoms with Crippen molar-refractivity contribution >= 4 is 21.6 Å². The van der Waals surface area contributed by atoms with Crippen LogP contribution in [0.1, 0.15) is 12.5 Å². The fourth-order valence-corrected chi connectivity index (χ4v) is 2.56. The van der Waals surface area contributed by atoms with Crippen LogP contribution in [0, 0.1) is 0 Å². The highest BCUT2D eigenvalue weighted by atomic mass is 79.9. The Balaban J connectivity index is 2.24. The van der Waals surface area contributed by atoms with Crippen LogP contribution >= 0.6 is 15.9 Å². The molecule has 0 spiro atoms. The monoisotopic (exact) mass is 299 g/mol. The number of ether oxygens (including phenoxy) is 1. The van der Waals surface area contributed by atoms with Crippen LogP contribution in [-0.2, 0) is 11.2 Å². The number of benzene rings is 1. The predicted molar refractivity (Wildman–Crippen MR) is 72.6 cm³/mol. The van der Waals surface area contributed by atoms with E-state index in [4.69, 9.17) is 4.74 Å². The predicted octanol–water partition coefficient (Wildman–Crippen LogP) is 2.21. The zero-order chi connectivity index (χ0) is 12.3. The molecule has 3 nitrogen and oxygen atoms in total. The minimum Gasteiger partial charge on any atom is -0.393 e. The first-order chi connectivity index (χ1) is 8.16. The maximum atomic E-state index is 9.56. The molecule has 1 N–H and O–H groups in total. The normalized spacial score (nSPS) is 18.2. The smallest absolute Gasteiger partial charge is 0.0642 e. The van der Waals surface area contributed by atoms with Gasteiger partial charge in [-0.1, -0.05) is 15.9 Å². The van der Waals surface area contributed by atoms with Crippen LogP contribution in [0.25, 0.3) is 0 Å². The SMILES string of the molecule is CC(O)Cc1cc(Br)ccc1N1CCOCC1. The zero-order valence-electron chi connectivity index (χ0n) is 10.0. The standard InChI is InChI=1S/C13H18BrNO2/c1-10(16)8-11-9-12(14)2-3-13(11)15-4-6-17-7-5-15/h2-3,9-10,16H,4-8H2,1H3. The molecule has 0 saturated carbocycles. The summed E-state index contributed by atoms with van der Waals surface area (Å²) in [6.07, 6.45) is 0.371. The Morgan fingerprint density at radius 1 is 1.41 bits per heavy atom. The third kappa shape index (κ3) is 3.44. The fourth-order valence-electron chi connectivity index (χ4n) is 2.15. The molecule has 2 rings (SSSR count). The second-order valence-electron chi connectivity index (χ2n) is 4.43. The molecule has 1 atom stereocenters. The van der Waals surface area contributed by atoms with Gasteiger partial charge in [-0.2, -0.15) is 0 Å². The van der Waals surface area contributed by atoms with E-state index in [1.165, 1.54) is 11.3 Å². The maximum absolute atomic E-state index is 9.56. The Bertz CT molecular complexity index is 376. The first-order valence-electron chi connectivity index (χ1n) is 5.96. The highest BCUT2D eigenvalue weighted by molar-refractivity contribution is 9.10. The molecule has 1 saturated heterocycles. The summed E-state index contributed by atoms with van der Waals surface area (Å²) in [5.41, 5.74) is 2.41. The molecular formula is C13H18BrNO2. The van der Waals surface area contributed by atoms with Crippen LogP contribution in [0.5, 0.6) is 0 Å². The summed E-state index contributed by atoms with van der Waals surface area (Å²) < 4.78 is 6.43. The number of nitrogens with zero attached hydrogens (tertiary/aromatic N) is 1. The zero-order valence-corrected chi connectivity index (χ0v) is 11.6. The number of rotatable bonds is 3. The molecule has 1 aliphatic rings. The molecular weight excluding hydrogens is 282 g/mol. The summed E-state index contributed by atoms with van der Waals surface area (Å²) in [6, 6.07) is 6.26.